The number of hydrogen-bond donors (Lipinski definition) is 1. The summed E-state index contributed by atoms with van der Waals surface area (Å²) in [6.07, 6.45) is -8.50. The number of rotatable bonds is 3. The standard InChI is InChI=1S/C22H19ClF6N4O/c23-12-1-2-15-14(8-12)13-3-5-33(16(19(13)30-15)7-11-4-6-34-10-11)20-31-17(21(24,25)26)9-18(32-20)22(27,28)29/h1-2,8-9,11,16,30H,3-7,10H2/t11?,16-/m1/s1. The molecule has 0 amide bonds. The summed E-state index contributed by atoms with van der Waals surface area (Å²) in [6.45, 7) is 1.19. The first-order valence-electron chi connectivity index (χ1n) is 10.7. The molecule has 0 bridgehead atoms. The topological polar surface area (TPSA) is 54.0 Å². The van der Waals surface area contributed by atoms with Crippen LogP contribution in [0.1, 0.15) is 41.5 Å². The van der Waals surface area contributed by atoms with Crippen molar-refractivity contribution in [1.82, 2.24) is 15.0 Å². The van der Waals surface area contributed by atoms with Gasteiger partial charge in [-0.15, -0.1) is 0 Å². The lowest BCUT2D eigenvalue weighted by Gasteiger charge is -2.37. The van der Waals surface area contributed by atoms with E-state index in [1.165, 1.54) is 4.90 Å². The summed E-state index contributed by atoms with van der Waals surface area (Å²) in [5, 5.41) is 1.42. The number of benzene rings is 1. The van der Waals surface area contributed by atoms with Gasteiger partial charge in [-0.2, -0.15) is 26.3 Å². The number of halogens is 7. The molecule has 182 valence electrons. The third kappa shape index (κ3) is 4.31. The third-order valence-electron chi connectivity index (χ3n) is 6.35. The largest absolute Gasteiger partial charge is 0.433 e. The maximum absolute atomic E-state index is 13.4. The number of aromatic amines is 1. The van der Waals surface area contributed by atoms with Crippen LogP contribution in [0.5, 0.6) is 0 Å². The Hall–Kier alpha value is -2.53. The number of nitrogens with one attached hydrogen (secondary N) is 1. The Morgan fingerprint density at radius 2 is 1.76 bits per heavy atom. The van der Waals surface area contributed by atoms with Crippen LogP contribution in [0.3, 0.4) is 0 Å². The van der Waals surface area contributed by atoms with E-state index in [9.17, 15) is 26.3 Å². The molecule has 2 aliphatic heterocycles. The zero-order valence-electron chi connectivity index (χ0n) is 17.6. The smallest absolute Gasteiger partial charge is 0.381 e. The van der Waals surface area contributed by atoms with Gasteiger partial charge in [0.1, 0.15) is 0 Å². The van der Waals surface area contributed by atoms with Crippen LogP contribution in [0.4, 0.5) is 32.3 Å². The number of H-pyrrole nitrogens is 1. The van der Waals surface area contributed by atoms with Crippen molar-refractivity contribution in [1.29, 1.82) is 0 Å². The minimum Gasteiger partial charge on any atom is -0.381 e. The van der Waals surface area contributed by atoms with E-state index in [1.54, 1.807) is 18.2 Å². The second-order valence-electron chi connectivity index (χ2n) is 8.57. The molecule has 12 heteroatoms. The molecule has 34 heavy (non-hydrogen) atoms. The highest BCUT2D eigenvalue weighted by atomic mass is 35.5. The van der Waals surface area contributed by atoms with Crippen molar-refractivity contribution in [3.8, 4) is 0 Å². The van der Waals surface area contributed by atoms with Crippen LogP contribution in [-0.2, 0) is 23.5 Å². The van der Waals surface area contributed by atoms with E-state index < -0.39 is 35.7 Å². The SMILES string of the molecule is FC(F)(F)c1cc(C(F)(F)F)nc(N2CCc3c([nH]c4ccc(Cl)cc34)[C@H]2CC2CCOC2)n1. The van der Waals surface area contributed by atoms with Gasteiger partial charge in [-0.3, -0.25) is 0 Å². The highest BCUT2D eigenvalue weighted by Crippen LogP contribution is 2.42. The molecular weight excluding hydrogens is 486 g/mol. The van der Waals surface area contributed by atoms with Crippen LogP contribution in [0.2, 0.25) is 5.02 Å². The minimum atomic E-state index is -5.05. The average molecular weight is 505 g/mol. The fourth-order valence-corrected chi connectivity index (χ4v) is 4.93. The Kier molecular flexibility index (Phi) is 5.67. The minimum absolute atomic E-state index is 0.0520. The summed E-state index contributed by atoms with van der Waals surface area (Å²) >= 11 is 6.16. The molecule has 3 aromatic rings. The van der Waals surface area contributed by atoms with Gasteiger partial charge in [0.05, 0.1) is 6.04 Å². The first kappa shape index (κ1) is 23.2. The Balaban J connectivity index is 1.64. The molecule has 2 aliphatic rings. The number of hydrogen-bond acceptors (Lipinski definition) is 4. The summed E-state index contributed by atoms with van der Waals surface area (Å²) in [5.74, 6) is -0.491. The molecule has 1 unspecified atom stereocenters. The van der Waals surface area contributed by atoms with E-state index in [4.69, 9.17) is 16.3 Å². The van der Waals surface area contributed by atoms with Gasteiger partial charge in [-0.1, -0.05) is 11.6 Å². The number of alkyl halides is 6. The Morgan fingerprint density at radius 3 is 2.38 bits per heavy atom. The fourth-order valence-electron chi connectivity index (χ4n) is 4.76. The van der Waals surface area contributed by atoms with E-state index in [-0.39, 0.29) is 18.5 Å². The number of nitrogens with zero attached hydrogens (tertiary/aromatic N) is 3. The molecule has 1 fully saturated rings. The van der Waals surface area contributed by atoms with Gasteiger partial charge < -0.3 is 14.6 Å². The summed E-state index contributed by atoms with van der Waals surface area (Å²) < 4.78 is 86.1. The zero-order chi connectivity index (χ0) is 24.3. The molecular formula is C22H19ClF6N4O. The van der Waals surface area contributed by atoms with E-state index >= 15 is 0 Å². The Morgan fingerprint density at radius 1 is 1.06 bits per heavy atom. The first-order valence-corrected chi connectivity index (χ1v) is 11.1. The van der Waals surface area contributed by atoms with E-state index in [1.807, 2.05) is 0 Å². The average Bonchev–Trinajstić information content (AvgIpc) is 3.40. The van der Waals surface area contributed by atoms with E-state index in [2.05, 4.69) is 15.0 Å². The van der Waals surface area contributed by atoms with Crippen LogP contribution in [0.25, 0.3) is 10.9 Å². The van der Waals surface area contributed by atoms with Gasteiger partial charge >= 0.3 is 12.4 Å². The molecule has 2 atom stereocenters. The second kappa shape index (κ2) is 8.30. The van der Waals surface area contributed by atoms with Gasteiger partial charge in [0.2, 0.25) is 5.95 Å². The van der Waals surface area contributed by atoms with Crippen LogP contribution in [0.15, 0.2) is 24.3 Å². The van der Waals surface area contributed by atoms with Gasteiger partial charge in [0.25, 0.3) is 0 Å². The van der Waals surface area contributed by atoms with Gasteiger partial charge in [0, 0.05) is 41.4 Å². The van der Waals surface area contributed by atoms with Crippen molar-refractivity contribution in [2.45, 2.75) is 37.7 Å². The summed E-state index contributed by atoms with van der Waals surface area (Å²) in [5.41, 5.74) is -0.778. The molecule has 1 N–H and O–H groups in total. The number of ether oxygens (including phenoxy) is 1. The summed E-state index contributed by atoms with van der Waals surface area (Å²) in [6, 6.07) is 4.73. The number of aromatic nitrogens is 3. The Bertz CT molecular complexity index is 1190. The van der Waals surface area contributed by atoms with Crippen LogP contribution < -0.4 is 4.90 Å². The second-order valence-corrected chi connectivity index (χ2v) is 9.00. The van der Waals surface area contributed by atoms with E-state index in [0.29, 0.717) is 31.1 Å². The van der Waals surface area contributed by atoms with Crippen molar-refractivity contribution >= 4 is 28.5 Å². The molecule has 1 saturated heterocycles. The van der Waals surface area contributed by atoms with Crippen molar-refractivity contribution in [3.63, 3.8) is 0 Å². The van der Waals surface area contributed by atoms with E-state index in [0.717, 1.165) is 28.6 Å². The lowest BCUT2D eigenvalue weighted by Crippen LogP contribution is -2.38. The number of fused-ring (bicyclic) bond motifs is 3. The molecule has 0 aliphatic carbocycles. The summed E-state index contributed by atoms with van der Waals surface area (Å²) in [7, 11) is 0. The Labute approximate surface area is 195 Å². The zero-order valence-corrected chi connectivity index (χ0v) is 18.4. The van der Waals surface area contributed by atoms with Crippen LogP contribution in [0, 0.1) is 5.92 Å². The normalized spacial score (nSPS) is 21.3. The fraction of sp³-hybridized carbons (Fsp3) is 0.455. The highest BCUT2D eigenvalue weighted by Gasteiger charge is 2.42. The molecule has 0 spiro atoms. The molecule has 5 nitrogen and oxygen atoms in total. The van der Waals surface area contributed by atoms with Crippen LogP contribution in [-0.4, -0.2) is 34.7 Å². The third-order valence-corrected chi connectivity index (χ3v) is 6.58. The number of anilines is 1. The highest BCUT2D eigenvalue weighted by molar-refractivity contribution is 6.31. The molecule has 0 radical (unpaired) electrons. The molecule has 2 aromatic heterocycles. The van der Waals surface area contributed by atoms with Crippen molar-refractivity contribution in [2.75, 3.05) is 24.7 Å². The molecule has 1 aromatic carbocycles. The predicted octanol–water partition coefficient (Wildman–Crippen LogP) is 6.18. The van der Waals surface area contributed by atoms with Crippen molar-refractivity contribution < 1.29 is 31.1 Å². The van der Waals surface area contributed by atoms with Crippen molar-refractivity contribution in [3.05, 3.63) is 51.9 Å². The van der Waals surface area contributed by atoms with Gasteiger partial charge in [0.15, 0.2) is 11.4 Å². The monoisotopic (exact) mass is 504 g/mol. The maximum Gasteiger partial charge on any atom is 0.433 e. The molecule has 5 rings (SSSR count). The lowest BCUT2D eigenvalue weighted by molar-refractivity contribution is -0.147. The summed E-state index contributed by atoms with van der Waals surface area (Å²) in [4.78, 5) is 11.8. The van der Waals surface area contributed by atoms with Gasteiger partial charge in [-0.25, -0.2) is 9.97 Å². The molecule has 4 heterocycles. The lowest BCUT2D eigenvalue weighted by atomic mass is 9.90. The maximum atomic E-state index is 13.4. The molecule has 0 saturated carbocycles. The first-order chi connectivity index (χ1) is 16.0. The van der Waals surface area contributed by atoms with Crippen molar-refractivity contribution in [2.24, 2.45) is 5.92 Å². The quantitative estimate of drug-likeness (QED) is 0.433. The predicted molar refractivity (Wildman–Crippen MR) is 113 cm³/mol. The van der Waals surface area contributed by atoms with Gasteiger partial charge in [-0.05, 0) is 55.0 Å². The van der Waals surface area contributed by atoms with Crippen LogP contribution >= 0.6 is 11.6 Å².